The summed E-state index contributed by atoms with van der Waals surface area (Å²) < 4.78 is 2.92. The van der Waals surface area contributed by atoms with Crippen molar-refractivity contribution in [3.05, 3.63) is 70.2 Å². The molecule has 4 aromatic rings. The molecule has 0 spiro atoms. The molecule has 1 saturated carbocycles. The van der Waals surface area contributed by atoms with Crippen molar-refractivity contribution in [3.8, 4) is 0 Å². The molecular formula is C26H28N6O2S. The maximum atomic E-state index is 13.5. The fourth-order valence-electron chi connectivity index (χ4n) is 4.85. The fourth-order valence-corrected chi connectivity index (χ4v) is 5.82. The first kappa shape index (κ1) is 23.1. The number of hydrogen-bond acceptors (Lipinski definition) is 5. The van der Waals surface area contributed by atoms with Gasteiger partial charge in [0.2, 0.25) is 0 Å². The highest BCUT2D eigenvalue weighted by atomic mass is 32.1. The monoisotopic (exact) mass is 488 g/mol. The van der Waals surface area contributed by atoms with Crippen LogP contribution in [0.1, 0.15) is 57.0 Å². The van der Waals surface area contributed by atoms with E-state index >= 15 is 0 Å². The van der Waals surface area contributed by atoms with Crippen molar-refractivity contribution in [2.24, 2.45) is 17.2 Å². The van der Waals surface area contributed by atoms with E-state index in [1.807, 2.05) is 47.0 Å². The Balaban J connectivity index is 1.58. The van der Waals surface area contributed by atoms with E-state index in [4.69, 9.17) is 22.6 Å². The maximum Gasteiger partial charge on any atom is 0.268 e. The molecule has 0 saturated heterocycles. The molecule has 0 radical (unpaired) electrons. The average Bonchev–Trinajstić information content (AvgIpc) is 3.43. The van der Waals surface area contributed by atoms with Gasteiger partial charge in [-0.05, 0) is 60.9 Å². The standard InChI is InChI=1S/C26H28N6O2S/c27-17-6-8-18(9-7-17)31-26(34)21-10-14-4-5-15(24(28)29)11-20(14)32(21)13-16-2-1-3-22-19(16)12-23(35-22)25(30)33/h1-5,10-12,17-18H,6-9,13,27H2,(H3,28,29)(H2,30,33)(H,31,34). The Morgan fingerprint density at radius 2 is 1.83 bits per heavy atom. The van der Waals surface area contributed by atoms with Crippen molar-refractivity contribution in [2.45, 2.75) is 44.3 Å². The number of hydrogen-bond donors (Lipinski definition) is 5. The Bertz CT molecular complexity index is 1460. The molecule has 8 nitrogen and oxygen atoms in total. The number of nitrogens with one attached hydrogen (secondary N) is 2. The Morgan fingerprint density at radius 3 is 2.54 bits per heavy atom. The average molecular weight is 489 g/mol. The van der Waals surface area contributed by atoms with E-state index in [0.717, 1.165) is 52.2 Å². The number of carbonyl (C=O) groups excluding carboxylic acids is 2. The number of rotatable bonds is 6. The summed E-state index contributed by atoms with van der Waals surface area (Å²) in [5.41, 5.74) is 20.2. The van der Waals surface area contributed by atoms with Crippen LogP contribution in [0.3, 0.4) is 0 Å². The van der Waals surface area contributed by atoms with Crippen LogP contribution in [-0.4, -0.2) is 34.3 Å². The van der Waals surface area contributed by atoms with Crippen molar-refractivity contribution in [1.82, 2.24) is 9.88 Å². The first-order valence-electron chi connectivity index (χ1n) is 11.7. The summed E-state index contributed by atoms with van der Waals surface area (Å²) in [6, 6.07) is 15.4. The van der Waals surface area contributed by atoms with Crippen molar-refractivity contribution in [2.75, 3.05) is 0 Å². The molecule has 9 heteroatoms. The number of amides is 2. The molecule has 2 amide bonds. The highest BCUT2D eigenvalue weighted by molar-refractivity contribution is 7.20. The summed E-state index contributed by atoms with van der Waals surface area (Å²) in [4.78, 5) is 25.7. The Kier molecular flexibility index (Phi) is 6.04. The summed E-state index contributed by atoms with van der Waals surface area (Å²) in [7, 11) is 0. The van der Waals surface area contributed by atoms with Crippen molar-refractivity contribution in [1.29, 1.82) is 5.41 Å². The molecule has 1 aliphatic rings. The van der Waals surface area contributed by atoms with Crippen LogP contribution in [0, 0.1) is 5.41 Å². The molecule has 1 fully saturated rings. The zero-order chi connectivity index (χ0) is 24.7. The summed E-state index contributed by atoms with van der Waals surface area (Å²) in [6.07, 6.45) is 3.54. The van der Waals surface area contributed by atoms with Gasteiger partial charge in [-0.1, -0.05) is 24.3 Å². The molecule has 2 heterocycles. The lowest BCUT2D eigenvalue weighted by Crippen LogP contribution is -2.41. The summed E-state index contributed by atoms with van der Waals surface area (Å²) in [5, 5.41) is 12.9. The van der Waals surface area contributed by atoms with E-state index in [0.29, 0.717) is 22.7 Å². The molecule has 0 aliphatic heterocycles. The molecule has 2 aromatic carbocycles. The van der Waals surface area contributed by atoms with Crippen LogP contribution in [-0.2, 0) is 6.54 Å². The Labute approximate surface area is 206 Å². The van der Waals surface area contributed by atoms with Gasteiger partial charge in [-0.3, -0.25) is 15.0 Å². The molecule has 1 aliphatic carbocycles. The van der Waals surface area contributed by atoms with E-state index in [9.17, 15) is 9.59 Å². The number of carbonyl (C=O) groups is 2. The molecule has 0 bridgehead atoms. The van der Waals surface area contributed by atoms with Crippen LogP contribution in [0.4, 0.5) is 0 Å². The van der Waals surface area contributed by atoms with E-state index in [-0.39, 0.29) is 23.8 Å². The molecule has 35 heavy (non-hydrogen) atoms. The minimum atomic E-state index is -0.457. The quantitative estimate of drug-likeness (QED) is 0.209. The number of nitrogens with two attached hydrogens (primary N) is 3. The highest BCUT2D eigenvalue weighted by Crippen LogP contribution is 2.31. The van der Waals surface area contributed by atoms with Crippen LogP contribution in [0.2, 0.25) is 0 Å². The van der Waals surface area contributed by atoms with Gasteiger partial charge in [-0.2, -0.15) is 0 Å². The predicted molar refractivity (Wildman–Crippen MR) is 140 cm³/mol. The summed E-state index contributed by atoms with van der Waals surface area (Å²) in [5.74, 6) is -0.626. The predicted octanol–water partition coefficient (Wildman–Crippen LogP) is 3.29. The van der Waals surface area contributed by atoms with Gasteiger partial charge in [0.05, 0.1) is 4.88 Å². The number of primary amides is 1. The normalized spacial score (nSPS) is 18.1. The number of fused-ring (bicyclic) bond motifs is 2. The minimum Gasteiger partial charge on any atom is -0.384 e. The minimum absolute atomic E-state index is 0.0322. The lowest BCUT2D eigenvalue weighted by atomic mass is 9.92. The van der Waals surface area contributed by atoms with Crippen molar-refractivity contribution in [3.63, 3.8) is 0 Å². The highest BCUT2D eigenvalue weighted by Gasteiger charge is 2.23. The molecule has 2 aromatic heterocycles. The van der Waals surface area contributed by atoms with E-state index in [1.54, 1.807) is 6.07 Å². The first-order valence-corrected chi connectivity index (χ1v) is 12.5. The second kappa shape index (κ2) is 9.16. The van der Waals surface area contributed by atoms with Gasteiger partial charge in [0, 0.05) is 39.8 Å². The molecule has 0 atom stereocenters. The van der Waals surface area contributed by atoms with E-state index < -0.39 is 5.91 Å². The molecular weight excluding hydrogens is 460 g/mol. The number of thiophene rings is 1. The summed E-state index contributed by atoms with van der Waals surface area (Å²) >= 11 is 1.36. The fraction of sp³-hybridized carbons (Fsp3) is 0.269. The number of nitrogens with zero attached hydrogens (tertiary/aromatic N) is 1. The van der Waals surface area contributed by atoms with Gasteiger partial charge in [0.25, 0.3) is 11.8 Å². The van der Waals surface area contributed by atoms with Crippen LogP contribution < -0.4 is 22.5 Å². The summed E-state index contributed by atoms with van der Waals surface area (Å²) in [6.45, 7) is 0.412. The van der Waals surface area contributed by atoms with Crippen molar-refractivity contribution < 1.29 is 9.59 Å². The van der Waals surface area contributed by atoms with Gasteiger partial charge in [0.15, 0.2) is 0 Å². The third-order valence-corrected chi connectivity index (χ3v) is 7.89. The smallest absolute Gasteiger partial charge is 0.268 e. The number of aromatic nitrogens is 1. The van der Waals surface area contributed by atoms with Crippen molar-refractivity contribution >= 4 is 50.0 Å². The van der Waals surface area contributed by atoms with Crippen LogP contribution in [0.15, 0.2) is 48.5 Å². The number of amidine groups is 1. The molecule has 0 unspecified atom stereocenters. The third kappa shape index (κ3) is 4.52. The second-order valence-corrected chi connectivity index (χ2v) is 10.3. The molecule has 5 rings (SSSR count). The van der Waals surface area contributed by atoms with Gasteiger partial charge >= 0.3 is 0 Å². The van der Waals surface area contributed by atoms with Crippen LogP contribution in [0.25, 0.3) is 21.0 Å². The second-order valence-electron chi connectivity index (χ2n) is 9.19. The Hall–Kier alpha value is -3.69. The van der Waals surface area contributed by atoms with Gasteiger partial charge in [0.1, 0.15) is 11.5 Å². The largest absolute Gasteiger partial charge is 0.384 e. The van der Waals surface area contributed by atoms with Gasteiger partial charge in [-0.15, -0.1) is 11.3 Å². The SMILES string of the molecule is N=C(N)c1ccc2cc(C(=O)NC3CCC(N)CC3)n(Cc3cccc4sc(C(N)=O)cc34)c2c1. The topological polar surface area (TPSA) is 153 Å². The van der Waals surface area contributed by atoms with Gasteiger partial charge in [-0.25, -0.2) is 0 Å². The van der Waals surface area contributed by atoms with Crippen LogP contribution in [0.5, 0.6) is 0 Å². The first-order chi connectivity index (χ1) is 16.8. The lowest BCUT2D eigenvalue weighted by Gasteiger charge is -2.27. The number of benzene rings is 2. The zero-order valence-corrected chi connectivity index (χ0v) is 20.0. The number of nitrogen functional groups attached to an aromatic ring is 1. The Morgan fingerprint density at radius 1 is 1.06 bits per heavy atom. The van der Waals surface area contributed by atoms with Crippen LogP contribution >= 0.6 is 11.3 Å². The van der Waals surface area contributed by atoms with E-state index in [1.165, 1.54) is 11.3 Å². The molecule has 8 N–H and O–H groups in total. The van der Waals surface area contributed by atoms with Gasteiger partial charge < -0.3 is 27.1 Å². The maximum absolute atomic E-state index is 13.5. The zero-order valence-electron chi connectivity index (χ0n) is 19.2. The van der Waals surface area contributed by atoms with E-state index in [2.05, 4.69) is 5.32 Å². The lowest BCUT2D eigenvalue weighted by molar-refractivity contribution is 0.0916. The molecule has 180 valence electrons. The third-order valence-electron chi connectivity index (χ3n) is 6.78.